The van der Waals surface area contributed by atoms with E-state index in [0.717, 1.165) is 27.7 Å². The Hall–Kier alpha value is -1.13. The minimum atomic E-state index is 0.461. The maximum atomic E-state index is 6.16. The van der Waals surface area contributed by atoms with Gasteiger partial charge in [-0.25, -0.2) is 9.97 Å². The van der Waals surface area contributed by atoms with E-state index in [2.05, 4.69) is 39.7 Å². The van der Waals surface area contributed by atoms with Crippen LogP contribution >= 0.6 is 27.5 Å². The molecule has 0 bridgehead atoms. The Kier molecular flexibility index (Phi) is 4.66. The van der Waals surface area contributed by atoms with Crippen LogP contribution in [0.1, 0.15) is 25.1 Å². The number of nitrogens with zero attached hydrogens (tertiary/aromatic N) is 2. The zero-order valence-electron chi connectivity index (χ0n) is 11.7. The fourth-order valence-electron chi connectivity index (χ4n) is 1.90. The Morgan fingerprint density at radius 1 is 1.30 bits per heavy atom. The lowest BCUT2D eigenvalue weighted by Crippen LogP contribution is -2.05. The molecule has 0 fully saturated rings. The second-order valence-corrected chi connectivity index (χ2v) is 6.46. The van der Waals surface area contributed by atoms with Crippen LogP contribution in [0.2, 0.25) is 5.02 Å². The highest BCUT2D eigenvalue weighted by atomic mass is 79.9. The average Bonchev–Trinajstić information content (AvgIpc) is 2.37. The van der Waals surface area contributed by atoms with Crippen molar-refractivity contribution in [3.8, 4) is 11.4 Å². The Morgan fingerprint density at radius 3 is 2.60 bits per heavy atom. The summed E-state index contributed by atoms with van der Waals surface area (Å²) in [6, 6.07) is 5.79. The number of hydrogen-bond acceptors (Lipinski definition) is 3. The van der Waals surface area contributed by atoms with Gasteiger partial charge in [0.2, 0.25) is 0 Å². The molecule has 2 aromatic rings. The predicted molar refractivity (Wildman–Crippen MR) is 87.9 cm³/mol. The third-order valence-electron chi connectivity index (χ3n) is 2.98. The number of aryl methyl sites for hydroxylation is 1. The van der Waals surface area contributed by atoms with Crippen LogP contribution in [0.25, 0.3) is 11.4 Å². The molecular formula is C15H17BrClN3. The Morgan fingerprint density at radius 2 is 2.00 bits per heavy atom. The van der Waals surface area contributed by atoms with E-state index in [1.807, 2.05) is 25.1 Å². The molecule has 3 nitrogen and oxygen atoms in total. The van der Waals surface area contributed by atoms with Crippen molar-refractivity contribution in [1.29, 1.82) is 0 Å². The summed E-state index contributed by atoms with van der Waals surface area (Å²) < 4.78 is 0.785. The quantitative estimate of drug-likeness (QED) is 0.873. The van der Waals surface area contributed by atoms with Crippen molar-refractivity contribution in [2.75, 3.05) is 5.73 Å². The molecule has 0 radical (unpaired) electrons. The van der Waals surface area contributed by atoms with E-state index in [1.54, 1.807) is 0 Å². The summed E-state index contributed by atoms with van der Waals surface area (Å²) in [6.45, 7) is 6.26. The van der Waals surface area contributed by atoms with E-state index in [1.165, 1.54) is 0 Å². The normalized spacial score (nSPS) is 11.1. The number of aromatic nitrogens is 2. The van der Waals surface area contributed by atoms with Gasteiger partial charge in [-0.05, 0) is 46.8 Å². The molecule has 0 saturated heterocycles. The van der Waals surface area contributed by atoms with E-state index >= 15 is 0 Å². The van der Waals surface area contributed by atoms with Crippen molar-refractivity contribution < 1.29 is 0 Å². The van der Waals surface area contributed by atoms with Crippen molar-refractivity contribution in [3.63, 3.8) is 0 Å². The Labute approximate surface area is 132 Å². The summed E-state index contributed by atoms with van der Waals surface area (Å²) in [5.41, 5.74) is 8.81. The molecule has 1 heterocycles. The van der Waals surface area contributed by atoms with Crippen molar-refractivity contribution in [2.45, 2.75) is 27.2 Å². The number of nitrogens with two attached hydrogens (primary N) is 1. The Bertz CT molecular complexity index is 641. The van der Waals surface area contributed by atoms with Gasteiger partial charge < -0.3 is 5.73 Å². The molecule has 2 N–H and O–H groups in total. The number of hydrogen-bond donors (Lipinski definition) is 1. The summed E-state index contributed by atoms with van der Waals surface area (Å²) in [7, 11) is 0. The van der Waals surface area contributed by atoms with Gasteiger partial charge in [-0.1, -0.05) is 37.6 Å². The standard InChI is InChI=1S/C15H17BrClN3/c1-8(2)6-12-13(16)14(18)20-15(19-12)10-5-4-9(3)11(17)7-10/h4-5,7-8H,6H2,1-3H3,(H2,18,19,20). The number of nitrogen functional groups attached to an aromatic ring is 1. The minimum Gasteiger partial charge on any atom is -0.383 e. The SMILES string of the molecule is Cc1ccc(-c2nc(N)c(Br)c(CC(C)C)n2)cc1Cl. The third-order valence-corrected chi connectivity index (χ3v) is 4.25. The topological polar surface area (TPSA) is 51.8 Å². The minimum absolute atomic E-state index is 0.461. The summed E-state index contributed by atoms with van der Waals surface area (Å²) >= 11 is 9.63. The summed E-state index contributed by atoms with van der Waals surface area (Å²) in [5.74, 6) is 1.57. The molecule has 20 heavy (non-hydrogen) atoms. The maximum absolute atomic E-state index is 6.16. The van der Waals surface area contributed by atoms with Crippen LogP contribution in [0.4, 0.5) is 5.82 Å². The van der Waals surface area contributed by atoms with Gasteiger partial charge in [-0.3, -0.25) is 0 Å². The lowest BCUT2D eigenvalue weighted by molar-refractivity contribution is 0.633. The number of anilines is 1. The van der Waals surface area contributed by atoms with E-state index in [-0.39, 0.29) is 0 Å². The molecule has 106 valence electrons. The van der Waals surface area contributed by atoms with Crippen molar-refractivity contribution in [1.82, 2.24) is 9.97 Å². The summed E-state index contributed by atoms with van der Waals surface area (Å²) in [5, 5.41) is 0.706. The van der Waals surface area contributed by atoms with Gasteiger partial charge >= 0.3 is 0 Å². The molecule has 5 heteroatoms. The van der Waals surface area contributed by atoms with Crippen LogP contribution in [0.5, 0.6) is 0 Å². The van der Waals surface area contributed by atoms with E-state index < -0.39 is 0 Å². The van der Waals surface area contributed by atoms with Crippen LogP contribution in [-0.4, -0.2) is 9.97 Å². The molecule has 0 unspecified atom stereocenters. The fourth-order valence-corrected chi connectivity index (χ4v) is 2.42. The van der Waals surface area contributed by atoms with Crippen LogP contribution in [0.3, 0.4) is 0 Å². The molecular weight excluding hydrogens is 338 g/mol. The van der Waals surface area contributed by atoms with Gasteiger partial charge in [0.05, 0.1) is 10.2 Å². The van der Waals surface area contributed by atoms with Crippen LogP contribution in [-0.2, 0) is 6.42 Å². The highest BCUT2D eigenvalue weighted by molar-refractivity contribution is 9.10. The first-order valence-electron chi connectivity index (χ1n) is 6.47. The molecule has 0 aliphatic carbocycles. The van der Waals surface area contributed by atoms with Gasteiger partial charge in [0.1, 0.15) is 5.82 Å². The molecule has 0 saturated carbocycles. The second kappa shape index (κ2) is 6.10. The first-order chi connectivity index (χ1) is 9.38. The van der Waals surface area contributed by atoms with Gasteiger partial charge in [-0.2, -0.15) is 0 Å². The van der Waals surface area contributed by atoms with Crippen molar-refractivity contribution >= 4 is 33.3 Å². The molecule has 0 aliphatic rings. The molecule has 0 atom stereocenters. The third kappa shape index (κ3) is 3.30. The first-order valence-corrected chi connectivity index (χ1v) is 7.64. The van der Waals surface area contributed by atoms with E-state index in [0.29, 0.717) is 22.6 Å². The smallest absolute Gasteiger partial charge is 0.161 e. The monoisotopic (exact) mass is 353 g/mol. The van der Waals surface area contributed by atoms with E-state index in [4.69, 9.17) is 17.3 Å². The Balaban J connectivity index is 2.51. The van der Waals surface area contributed by atoms with Gasteiger partial charge in [0.25, 0.3) is 0 Å². The molecule has 0 amide bonds. The number of halogens is 2. The lowest BCUT2D eigenvalue weighted by atomic mass is 10.1. The predicted octanol–water partition coefficient (Wildman–Crippen LogP) is 4.65. The average molecular weight is 355 g/mol. The summed E-state index contributed by atoms with van der Waals surface area (Å²) in [6.07, 6.45) is 0.847. The highest BCUT2D eigenvalue weighted by Gasteiger charge is 2.13. The van der Waals surface area contributed by atoms with E-state index in [9.17, 15) is 0 Å². The van der Waals surface area contributed by atoms with Crippen molar-refractivity contribution in [3.05, 3.63) is 39.0 Å². The largest absolute Gasteiger partial charge is 0.383 e. The zero-order valence-corrected chi connectivity index (χ0v) is 14.1. The molecule has 0 spiro atoms. The zero-order chi connectivity index (χ0) is 14.9. The molecule has 1 aromatic carbocycles. The van der Waals surface area contributed by atoms with Crippen LogP contribution < -0.4 is 5.73 Å². The van der Waals surface area contributed by atoms with Crippen LogP contribution in [0, 0.1) is 12.8 Å². The lowest BCUT2D eigenvalue weighted by Gasteiger charge is -2.11. The van der Waals surface area contributed by atoms with Gasteiger partial charge in [0.15, 0.2) is 5.82 Å². The van der Waals surface area contributed by atoms with Gasteiger partial charge in [-0.15, -0.1) is 0 Å². The molecule has 2 rings (SSSR count). The maximum Gasteiger partial charge on any atom is 0.161 e. The number of benzene rings is 1. The highest BCUT2D eigenvalue weighted by Crippen LogP contribution is 2.28. The van der Waals surface area contributed by atoms with Crippen LogP contribution in [0.15, 0.2) is 22.7 Å². The molecule has 0 aliphatic heterocycles. The first kappa shape index (κ1) is 15.3. The van der Waals surface area contributed by atoms with Crippen molar-refractivity contribution in [2.24, 2.45) is 5.92 Å². The summed E-state index contributed by atoms with van der Waals surface area (Å²) in [4.78, 5) is 8.96. The van der Waals surface area contributed by atoms with Gasteiger partial charge in [0, 0.05) is 10.6 Å². The fraction of sp³-hybridized carbons (Fsp3) is 0.333. The molecule has 1 aromatic heterocycles. The second-order valence-electron chi connectivity index (χ2n) is 5.26. The number of rotatable bonds is 3.